The average molecular weight is 378 g/mol. The van der Waals surface area contributed by atoms with Gasteiger partial charge < -0.3 is 9.80 Å². The quantitative estimate of drug-likeness (QED) is 0.574. The molecule has 1 aromatic rings. The molecule has 0 aliphatic carbocycles. The van der Waals surface area contributed by atoms with E-state index in [-0.39, 0.29) is 17.2 Å². The molecule has 0 bridgehead atoms. The fraction of sp³-hybridized carbons (Fsp3) is 0.632. The van der Waals surface area contributed by atoms with Gasteiger partial charge in [-0.2, -0.15) is 11.8 Å². The number of carbonyl (C=O) groups excluding carboxylic acids is 1. The molecular weight excluding hydrogens is 350 g/mol. The van der Waals surface area contributed by atoms with Crippen LogP contribution in [-0.2, 0) is 0 Å². The van der Waals surface area contributed by atoms with Crippen molar-refractivity contribution in [3.63, 3.8) is 0 Å². The highest BCUT2D eigenvalue weighted by Gasteiger charge is 2.28. The van der Waals surface area contributed by atoms with Gasteiger partial charge in [-0.05, 0) is 43.6 Å². The Morgan fingerprint density at radius 3 is 2.65 bits per heavy atom. The monoisotopic (exact) mass is 377 g/mol. The van der Waals surface area contributed by atoms with Crippen molar-refractivity contribution < 1.29 is 9.72 Å². The van der Waals surface area contributed by atoms with Crippen molar-refractivity contribution in [2.24, 2.45) is 0 Å². The van der Waals surface area contributed by atoms with Gasteiger partial charge in [0.2, 0.25) is 0 Å². The third-order valence-corrected chi connectivity index (χ3v) is 6.39. The van der Waals surface area contributed by atoms with E-state index in [2.05, 4.69) is 11.8 Å². The van der Waals surface area contributed by atoms with E-state index < -0.39 is 4.92 Å². The molecule has 0 N–H and O–H groups in total. The van der Waals surface area contributed by atoms with Gasteiger partial charge >= 0.3 is 0 Å². The lowest BCUT2D eigenvalue weighted by atomic mass is 10.1. The molecule has 1 aromatic carbocycles. The van der Waals surface area contributed by atoms with Gasteiger partial charge in [-0.15, -0.1) is 0 Å². The lowest BCUT2D eigenvalue weighted by molar-refractivity contribution is -0.385. The number of hydrogen-bond donors (Lipinski definition) is 0. The van der Waals surface area contributed by atoms with Gasteiger partial charge in [0.05, 0.1) is 4.92 Å². The van der Waals surface area contributed by atoms with Crippen molar-refractivity contribution in [1.29, 1.82) is 0 Å². The SMILES string of the molecule is CCSC1CCCCN(c2ccc([N+](=O)[O-])c(C(=O)N3CCCC3)c2)C1. The molecule has 0 spiro atoms. The van der Waals surface area contributed by atoms with Crippen molar-refractivity contribution >= 4 is 29.0 Å². The first-order valence-corrected chi connectivity index (χ1v) is 10.6. The van der Waals surface area contributed by atoms with E-state index in [0.29, 0.717) is 18.3 Å². The zero-order chi connectivity index (χ0) is 18.5. The molecule has 6 nitrogen and oxygen atoms in total. The van der Waals surface area contributed by atoms with E-state index >= 15 is 0 Å². The summed E-state index contributed by atoms with van der Waals surface area (Å²) in [7, 11) is 0. The Balaban J connectivity index is 1.88. The molecule has 0 aromatic heterocycles. The second kappa shape index (κ2) is 8.75. The molecule has 0 radical (unpaired) electrons. The normalized spacial score (nSPS) is 20.9. The minimum absolute atomic E-state index is 0.0834. The molecule has 1 unspecified atom stereocenters. The summed E-state index contributed by atoms with van der Waals surface area (Å²) in [6.45, 7) is 5.44. The van der Waals surface area contributed by atoms with E-state index in [0.717, 1.165) is 43.8 Å². The number of nitrogens with zero attached hydrogens (tertiary/aromatic N) is 3. The van der Waals surface area contributed by atoms with Gasteiger partial charge in [0.25, 0.3) is 11.6 Å². The Labute approximate surface area is 159 Å². The summed E-state index contributed by atoms with van der Waals surface area (Å²) in [5.41, 5.74) is 1.08. The third kappa shape index (κ3) is 4.31. The molecule has 2 saturated heterocycles. The van der Waals surface area contributed by atoms with Crippen molar-refractivity contribution in [2.45, 2.75) is 44.3 Å². The van der Waals surface area contributed by atoms with Crippen molar-refractivity contribution in [3.8, 4) is 0 Å². The molecule has 26 heavy (non-hydrogen) atoms. The highest BCUT2D eigenvalue weighted by atomic mass is 32.2. The van der Waals surface area contributed by atoms with Crippen LogP contribution in [0.2, 0.25) is 0 Å². The molecule has 2 heterocycles. The lowest BCUT2D eigenvalue weighted by Crippen LogP contribution is -2.31. The summed E-state index contributed by atoms with van der Waals surface area (Å²) in [6, 6.07) is 5.06. The lowest BCUT2D eigenvalue weighted by Gasteiger charge is -2.27. The van der Waals surface area contributed by atoms with Crippen LogP contribution in [0.4, 0.5) is 11.4 Å². The fourth-order valence-corrected chi connectivity index (χ4v) is 4.94. The number of benzene rings is 1. The molecule has 3 rings (SSSR count). The number of thioether (sulfide) groups is 1. The Morgan fingerprint density at radius 2 is 1.96 bits per heavy atom. The first-order valence-electron chi connectivity index (χ1n) is 9.54. The number of amides is 1. The summed E-state index contributed by atoms with van der Waals surface area (Å²) in [6.07, 6.45) is 5.48. The largest absolute Gasteiger partial charge is 0.370 e. The van der Waals surface area contributed by atoms with Crippen LogP contribution >= 0.6 is 11.8 Å². The molecular formula is C19H27N3O3S. The Kier molecular flexibility index (Phi) is 6.40. The minimum Gasteiger partial charge on any atom is -0.370 e. The number of rotatable bonds is 5. The summed E-state index contributed by atoms with van der Waals surface area (Å²) >= 11 is 1.98. The number of nitro benzene ring substituents is 1. The van der Waals surface area contributed by atoms with E-state index in [1.807, 2.05) is 11.8 Å². The minimum atomic E-state index is -0.439. The second-order valence-corrected chi connectivity index (χ2v) is 8.55. The standard InChI is InChI=1S/C19H27N3O3S/c1-2-26-16-7-3-4-12-21(14-16)15-8-9-18(22(24)25)17(13-15)19(23)20-10-5-6-11-20/h8-9,13,16H,2-7,10-12,14H2,1H3. The van der Waals surface area contributed by atoms with Gasteiger partial charge in [-0.1, -0.05) is 13.3 Å². The van der Waals surface area contributed by atoms with Crippen molar-refractivity contribution in [2.75, 3.05) is 36.8 Å². The number of nitro groups is 1. The van der Waals surface area contributed by atoms with Crippen LogP contribution in [0, 0.1) is 10.1 Å². The van der Waals surface area contributed by atoms with Gasteiger partial charge in [0.1, 0.15) is 5.56 Å². The van der Waals surface area contributed by atoms with Gasteiger partial charge in [-0.25, -0.2) is 0 Å². The number of anilines is 1. The fourth-order valence-electron chi connectivity index (χ4n) is 3.85. The predicted molar refractivity (Wildman–Crippen MR) is 106 cm³/mol. The van der Waals surface area contributed by atoms with Crippen LogP contribution in [0.15, 0.2) is 18.2 Å². The van der Waals surface area contributed by atoms with Gasteiger partial charge in [-0.3, -0.25) is 14.9 Å². The maximum atomic E-state index is 12.8. The molecule has 2 aliphatic heterocycles. The molecule has 2 fully saturated rings. The third-order valence-electron chi connectivity index (χ3n) is 5.20. The van der Waals surface area contributed by atoms with Crippen LogP contribution in [0.3, 0.4) is 0 Å². The molecule has 2 aliphatic rings. The summed E-state index contributed by atoms with van der Waals surface area (Å²) < 4.78 is 0. The molecule has 0 saturated carbocycles. The maximum absolute atomic E-state index is 12.8. The maximum Gasteiger partial charge on any atom is 0.282 e. The topological polar surface area (TPSA) is 66.7 Å². The van der Waals surface area contributed by atoms with E-state index in [9.17, 15) is 14.9 Å². The molecule has 7 heteroatoms. The molecule has 142 valence electrons. The Hall–Kier alpha value is -1.76. The number of likely N-dealkylation sites (tertiary alicyclic amines) is 1. The average Bonchev–Trinajstić information content (AvgIpc) is 3.08. The molecule has 1 atom stereocenters. The number of hydrogen-bond acceptors (Lipinski definition) is 5. The van der Waals surface area contributed by atoms with Crippen LogP contribution in [-0.4, -0.2) is 52.9 Å². The first kappa shape index (κ1) is 19.0. The predicted octanol–water partition coefficient (Wildman–Crippen LogP) is 3.94. The highest BCUT2D eigenvalue weighted by molar-refractivity contribution is 7.99. The number of carbonyl (C=O) groups is 1. The van der Waals surface area contributed by atoms with E-state index in [1.165, 1.54) is 18.9 Å². The Morgan fingerprint density at radius 1 is 1.23 bits per heavy atom. The summed E-state index contributed by atoms with van der Waals surface area (Å²) in [4.78, 5) is 27.9. The van der Waals surface area contributed by atoms with Gasteiger partial charge in [0.15, 0.2) is 0 Å². The Bertz CT molecular complexity index is 661. The van der Waals surface area contributed by atoms with E-state index in [4.69, 9.17) is 0 Å². The zero-order valence-corrected chi connectivity index (χ0v) is 16.2. The first-order chi connectivity index (χ1) is 12.6. The van der Waals surface area contributed by atoms with Gasteiger partial charge in [0, 0.05) is 43.2 Å². The van der Waals surface area contributed by atoms with Crippen LogP contribution < -0.4 is 4.90 Å². The molecule has 1 amide bonds. The van der Waals surface area contributed by atoms with Crippen LogP contribution in [0.5, 0.6) is 0 Å². The van der Waals surface area contributed by atoms with Crippen LogP contribution in [0.1, 0.15) is 49.4 Å². The summed E-state index contributed by atoms with van der Waals surface area (Å²) in [5.74, 6) is 0.891. The van der Waals surface area contributed by atoms with Crippen molar-refractivity contribution in [1.82, 2.24) is 4.90 Å². The smallest absolute Gasteiger partial charge is 0.282 e. The van der Waals surface area contributed by atoms with Crippen molar-refractivity contribution in [3.05, 3.63) is 33.9 Å². The zero-order valence-electron chi connectivity index (χ0n) is 15.4. The van der Waals surface area contributed by atoms with Crippen LogP contribution in [0.25, 0.3) is 0 Å². The summed E-state index contributed by atoms with van der Waals surface area (Å²) in [5, 5.41) is 12.0. The second-order valence-electron chi connectivity index (χ2n) is 6.98. The highest BCUT2D eigenvalue weighted by Crippen LogP contribution is 2.30. The van der Waals surface area contributed by atoms with E-state index in [1.54, 1.807) is 17.0 Å².